The van der Waals surface area contributed by atoms with Gasteiger partial charge in [-0.25, -0.2) is 0 Å². The Labute approximate surface area is 194 Å². The molecular weight excluding hydrogens is 430 g/mol. The van der Waals surface area contributed by atoms with Crippen molar-refractivity contribution >= 4 is 25.2 Å². The Morgan fingerprint density at radius 3 is 1.74 bits per heavy atom. The normalized spacial score (nSPS) is 16.4. The van der Waals surface area contributed by atoms with Crippen LogP contribution in [0.5, 0.6) is 0 Å². The number of nitrogens with one attached hydrogen (secondary N) is 2. The average molecular weight is 473 g/mol. The summed E-state index contributed by atoms with van der Waals surface area (Å²) in [5.74, 6) is 0. The molecule has 0 saturated heterocycles. The standard InChI is InChI=1S/C26H42N2P2Si/c1-24(2,3)30(25(4,5)6)18-19-14-22(31(7,8)9)15-23(19)26(29,20-10-12-27-16-20)21-11-13-28-17-21/h10-14,16-17,27-28H,15,18,29H2,1-9H3. The van der Waals surface area contributed by atoms with Gasteiger partial charge in [-0.1, -0.05) is 80.4 Å². The van der Waals surface area contributed by atoms with Crippen LogP contribution in [0.3, 0.4) is 0 Å². The van der Waals surface area contributed by atoms with E-state index in [0.717, 1.165) is 6.42 Å². The lowest BCUT2D eigenvalue weighted by Crippen LogP contribution is -2.28. The highest BCUT2D eigenvalue weighted by atomic mass is 31.1. The first-order valence-corrected chi connectivity index (χ1v) is 17.0. The van der Waals surface area contributed by atoms with E-state index in [0.29, 0.717) is 10.3 Å². The molecule has 31 heavy (non-hydrogen) atoms. The molecule has 0 aliphatic heterocycles. The fraction of sp³-hybridized carbons (Fsp3) is 0.538. The van der Waals surface area contributed by atoms with Crippen molar-refractivity contribution < 1.29 is 0 Å². The van der Waals surface area contributed by atoms with Gasteiger partial charge in [-0.05, 0) is 57.3 Å². The largest absolute Gasteiger partial charge is 0.367 e. The van der Waals surface area contributed by atoms with Gasteiger partial charge in [0.05, 0.1) is 13.2 Å². The van der Waals surface area contributed by atoms with E-state index < -0.39 is 8.07 Å². The van der Waals surface area contributed by atoms with Gasteiger partial charge in [0.1, 0.15) is 0 Å². The van der Waals surface area contributed by atoms with Crippen molar-refractivity contribution in [2.75, 3.05) is 6.16 Å². The molecule has 0 aromatic carbocycles. The Morgan fingerprint density at radius 1 is 0.903 bits per heavy atom. The molecule has 1 unspecified atom stereocenters. The molecular formula is C26H42N2P2Si. The van der Waals surface area contributed by atoms with E-state index in [9.17, 15) is 0 Å². The molecule has 2 N–H and O–H groups in total. The molecule has 5 heteroatoms. The molecule has 2 aromatic heterocycles. The highest BCUT2D eigenvalue weighted by Gasteiger charge is 2.42. The third-order valence-electron chi connectivity index (χ3n) is 6.60. The number of H-pyrrole nitrogens is 2. The molecule has 0 radical (unpaired) electrons. The maximum atomic E-state index is 3.32. The van der Waals surface area contributed by atoms with Crippen molar-refractivity contribution in [2.45, 2.75) is 83.1 Å². The number of aromatic amines is 2. The molecule has 0 saturated carbocycles. The third-order valence-corrected chi connectivity index (χ3v) is 13.8. The molecule has 1 aliphatic carbocycles. The Morgan fingerprint density at radius 2 is 1.39 bits per heavy atom. The summed E-state index contributed by atoms with van der Waals surface area (Å²) >= 11 is 0. The van der Waals surface area contributed by atoms with E-state index in [1.165, 1.54) is 17.3 Å². The fourth-order valence-electron chi connectivity index (χ4n) is 4.97. The van der Waals surface area contributed by atoms with E-state index in [2.05, 4.69) is 123 Å². The zero-order chi connectivity index (χ0) is 23.2. The minimum absolute atomic E-state index is 0.204. The highest BCUT2D eigenvalue weighted by molar-refractivity contribution is 7.61. The topological polar surface area (TPSA) is 31.6 Å². The average Bonchev–Trinajstić information content (AvgIpc) is 3.38. The van der Waals surface area contributed by atoms with Crippen molar-refractivity contribution in [3.05, 3.63) is 70.5 Å². The van der Waals surface area contributed by atoms with E-state index in [1.807, 2.05) is 0 Å². The van der Waals surface area contributed by atoms with Crippen LogP contribution in [0.2, 0.25) is 19.6 Å². The number of hydrogen-bond donors (Lipinski definition) is 2. The van der Waals surface area contributed by atoms with Crippen LogP contribution < -0.4 is 0 Å². The summed E-state index contributed by atoms with van der Waals surface area (Å²) in [5, 5.41) is 2.11. The van der Waals surface area contributed by atoms with Crippen molar-refractivity contribution in [3.8, 4) is 0 Å². The number of rotatable bonds is 6. The van der Waals surface area contributed by atoms with Crippen LogP contribution in [0.4, 0.5) is 0 Å². The van der Waals surface area contributed by atoms with Gasteiger partial charge >= 0.3 is 0 Å². The van der Waals surface area contributed by atoms with Crippen LogP contribution in [0, 0.1) is 0 Å². The highest BCUT2D eigenvalue weighted by Crippen LogP contribution is 2.62. The summed E-state index contributed by atoms with van der Waals surface area (Å²) in [7, 11) is 1.66. The third kappa shape index (κ3) is 5.05. The van der Waals surface area contributed by atoms with Crippen molar-refractivity contribution in [1.82, 2.24) is 9.97 Å². The lowest BCUT2D eigenvalue weighted by Gasteiger charge is -2.42. The zero-order valence-electron chi connectivity index (χ0n) is 21.0. The summed E-state index contributed by atoms with van der Waals surface area (Å²) in [4.78, 5) is 6.63. The van der Waals surface area contributed by atoms with Crippen molar-refractivity contribution in [1.29, 1.82) is 0 Å². The lowest BCUT2D eigenvalue weighted by molar-refractivity contribution is 0.706. The SMILES string of the molecule is CC(C)(C)P(CC1=C(C(P)(c2cc[nH]c2)c2cc[nH]c2)CC([Si](C)(C)C)=C1)C(C)(C)C. The molecule has 2 heterocycles. The van der Waals surface area contributed by atoms with E-state index >= 15 is 0 Å². The molecule has 2 nitrogen and oxygen atoms in total. The zero-order valence-corrected chi connectivity index (χ0v) is 24.0. The minimum Gasteiger partial charge on any atom is -0.367 e. The summed E-state index contributed by atoms with van der Waals surface area (Å²) in [6.45, 7) is 22.1. The maximum absolute atomic E-state index is 3.32. The van der Waals surface area contributed by atoms with Crippen LogP contribution >= 0.6 is 17.2 Å². The molecule has 0 fully saturated rings. The van der Waals surface area contributed by atoms with E-state index in [1.54, 1.807) is 16.3 Å². The monoisotopic (exact) mass is 472 g/mol. The summed E-state index contributed by atoms with van der Waals surface area (Å²) < 4.78 is 0. The molecule has 0 bridgehead atoms. The van der Waals surface area contributed by atoms with Gasteiger partial charge < -0.3 is 9.97 Å². The maximum Gasteiger partial charge on any atom is 0.0728 e. The van der Waals surface area contributed by atoms with E-state index in [4.69, 9.17) is 0 Å². The Kier molecular flexibility index (Phi) is 6.77. The van der Waals surface area contributed by atoms with Crippen LogP contribution in [0.1, 0.15) is 59.1 Å². The van der Waals surface area contributed by atoms with Gasteiger partial charge in [0.15, 0.2) is 0 Å². The van der Waals surface area contributed by atoms with Gasteiger partial charge in [-0.2, -0.15) is 0 Å². The first-order chi connectivity index (χ1) is 14.1. The first kappa shape index (κ1) is 24.8. The second kappa shape index (κ2) is 8.47. The Balaban J connectivity index is 2.20. The molecule has 0 spiro atoms. The predicted octanol–water partition coefficient (Wildman–Crippen LogP) is 8.04. The second-order valence-electron chi connectivity index (χ2n) is 12.0. The molecule has 2 aromatic rings. The lowest BCUT2D eigenvalue weighted by atomic mass is 9.84. The van der Waals surface area contributed by atoms with Gasteiger partial charge in [-0.15, -0.1) is 9.24 Å². The second-order valence-corrected chi connectivity index (χ2v) is 21.9. The van der Waals surface area contributed by atoms with Gasteiger partial charge in [0, 0.05) is 24.8 Å². The van der Waals surface area contributed by atoms with Crippen LogP contribution in [0.25, 0.3) is 0 Å². The minimum atomic E-state index is -1.40. The van der Waals surface area contributed by atoms with Gasteiger partial charge in [0.25, 0.3) is 0 Å². The van der Waals surface area contributed by atoms with Crippen LogP contribution in [-0.2, 0) is 5.16 Å². The summed E-state index contributed by atoms with van der Waals surface area (Å²) in [6.07, 6.45) is 13.4. The Bertz CT molecular complexity index is 898. The number of allylic oxidation sites excluding steroid dienone is 4. The molecule has 170 valence electrons. The molecule has 0 amide bonds. The molecule has 1 atom stereocenters. The van der Waals surface area contributed by atoms with E-state index in [-0.39, 0.29) is 13.1 Å². The molecule has 3 rings (SSSR count). The fourth-order valence-corrected chi connectivity index (χ4v) is 10.5. The predicted molar refractivity (Wildman–Crippen MR) is 146 cm³/mol. The van der Waals surface area contributed by atoms with Crippen LogP contribution in [0.15, 0.2) is 59.3 Å². The number of aromatic nitrogens is 2. The molecule has 1 aliphatic rings. The van der Waals surface area contributed by atoms with Gasteiger partial charge in [0.2, 0.25) is 0 Å². The van der Waals surface area contributed by atoms with Gasteiger partial charge in [-0.3, -0.25) is 0 Å². The van der Waals surface area contributed by atoms with Crippen molar-refractivity contribution in [3.63, 3.8) is 0 Å². The van der Waals surface area contributed by atoms with Crippen LogP contribution in [-0.4, -0.2) is 34.5 Å². The Hall–Kier alpha value is -0.883. The first-order valence-electron chi connectivity index (χ1n) is 11.4. The summed E-state index contributed by atoms with van der Waals surface area (Å²) in [5.41, 5.74) is 5.82. The summed E-state index contributed by atoms with van der Waals surface area (Å²) in [6, 6.07) is 4.49. The number of hydrogen-bond acceptors (Lipinski definition) is 0. The smallest absolute Gasteiger partial charge is 0.0728 e. The quantitative estimate of drug-likeness (QED) is 0.315. The van der Waals surface area contributed by atoms with Crippen molar-refractivity contribution in [2.24, 2.45) is 0 Å².